The van der Waals surface area contributed by atoms with Crippen molar-refractivity contribution in [2.45, 2.75) is 19.8 Å². The summed E-state index contributed by atoms with van der Waals surface area (Å²) < 4.78 is 10.2. The van der Waals surface area contributed by atoms with Gasteiger partial charge in [0.2, 0.25) is 11.8 Å². The van der Waals surface area contributed by atoms with Crippen molar-refractivity contribution >= 4 is 23.3 Å². The Morgan fingerprint density at radius 1 is 0.935 bits per heavy atom. The van der Waals surface area contributed by atoms with Crippen LogP contribution >= 0.6 is 11.5 Å². The zero-order chi connectivity index (χ0) is 21.6. The molecule has 1 fully saturated rings. The first kappa shape index (κ1) is 21.0. The molecule has 0 unspecified atom stereocenters. The average molecular weight is 437 g/mol. The minimum atomic E-state index is 0.0605. The zero-order valence-corrected chi connectivity index (χ0v) is 18.2. The van der Waals surface area contributed by atoms with Crippen LogP contribution in [0.1, 0.15) is 23.9 Å². The lowest BCUT2D eigenvalue weighted by atomic mass is 10.1. The van der Waals surface area contributed by atoms with Crippen molar-refractivity contribution in [3.8, 4) is 10.9 Å². The molecule has 31 heavy (non-hydrogen) atoms. The quantitative estimate of drug-likeness (QED) is 0.593. The van der Waals surface area contributed by atoms with Gasteiger partial charge in [-0.2, -0.15) is 9.36 Å². The van der Waals surface area contributed by atoms with Gasteiger partial charge in [-0.05, 0) is 23.3 Å². The molecule has 0 aliphatic carbocycles. The molecule has 7 nitrogen and oxygen atoms in total. The van der Waals surface area contributed by atoms with Crippen LogP contribution in [0.15, 0.2) is 54.6 Å². The van der Waals surface area contributed by atoms with Crippen molar-refractivity contribution < 1.29 is 14.3 Å². The van der Waals surface area contributed by atoms with Gasteiger partial charge in [0.05, 0.1) is 6.42 Å². The number of carbonyl (C=O) groups excluding carboxylic acids is 2. The third-order valence-corrected chi connectivity index (χ3v) is 5.85. The molecule has 160 valence electrons. The molecule has 0 saturated carbocycles. The van der Waals surface area contributed by atoms with Crippen LogP contribution in [0.2, 0.25) is 0 Å². The van der Waals surface area contributed by atoms with Crippen molar-refractivity contribution in [3.63, 3.8) is 0 Å². The van der Waals surface area contributed by atoms with E-state index in [1.165, 1.54) is 11.5 Å². The van der Waals surface area contributed by atoms with Gasteiger partial charge in [-0.25, -0.2) is 0 Å². The van der Waals surface area contributed by atoms with Gasteiger partial charge >= 0.3 is 0 Å². The SMILES string of the molecule is CC(=O)N1CCN(C(=O)Cc2ccc(Oc3nc(Cc4ccccc4)ns3)cc2)CC1. The number of nitrogens with zero attached hydrogens (tertiary/aromatic N) is 4. The second kappa shape index (κ2) is 9.70. The summed E-state index contributed by atoms with van der Waals surface area (Å²) in [4.78, 5) is 32.0. The van der Waals surface area contributed by atoms with Crippen LogP contribution < -0.4 is 4.74 Å². The fourth-order valence-electron chi connectivity index (χ4n) is 3.46. The lowest BCUT2D eigenvalue weighted by Gasteiger charge is -2.34. The van der Waals surface area contributed by atoms with Crippen molar-refractivity contribution in [3.05, 3.63) is 71.5 Å². The van der Waals surface area contributed by atoms with Gasteiger partial charge in [-0.1, -0.05) is 42.5 Å². The monoisotopic (exact) mass is 436 g/mol. The molecule has 1 aromatic heterocycles. The Kier molecular flexibility index (Phi) is 6.57. The van der Waals surface area contributed by atoms with Crippen molar-refractivity contribution in [1.29, 1.82) is 0 Å². The standard InChI is InChI=1S/C23H24N4O3S/c1-17(28)26-11-13-27(14-12-26)22(29)16-19-7-9-20(10-8-19)30-23-24-21(25-31-23)15-18-5-3-2-4-6-18/h2-10H,11-16H2,1H3. The number of hydrogen-bond donors (Lipinski definition) is 0. The van der Waals surface area contributed by atoms with Crippen LogP contribution in [-0.2, 0) is 22.4 Å². The van der Waals surface area contributed by atoms with Crippen LogP contribution in [0.25, 0.3) is 0 Å². The number of ether oxygens (including phenoxy) is 1. The van der Waals surface area contributed by atoms with Gasteiger partial charge < -0.3 is 14.5 Å². The van der Waals surface area contributed by atoms with E-state index in [0.29, 0.717) is 50.0 Å². The van der Waals surface area contributed by atoms with Gasteiger partial charge in [0.25, 0.3) is 5.19 Å². The highest BCUT2D eigenvalue weighted by molar-refractivity contribution is 7.07. The molecule has 8 heteroatoms. The van der Waals surface area contributed by atoms with E-state index >= 15 is 0 Å². The lowest BCUT2D eigenvalue weighted by Crippen LogP contribution is -2.50. The third kappa shape index (κ3) is 5.67. The maximum atomic E-state index is 12.5. The van der Waals surface area contributed by atoms with Crippen LogP contribution in [0.5, 0.6) is 10.9 Å². The maximum Gasteiger partial charge on any atom is 0.298 e. The lowest BCUT2D eigenvalue weighted by molar-refractivity contribution is -0.138. The predicted molar refractivity (Wildman–Crippen MR) is 118 cm³/mol. The molecule has 1 saturated heterocycles. The van der Waals surface area contributed by atoms with Gasteiger partial charge in [0.15, 0.2) is 5.82 Å². The minimum absolute atomic E-state index is 0.0605. The summed E-state index contributed by atoms with van der Waals surface area (Å²) in [5.74, 6) is 1.53. The van der Waals surface area contributed by atoms with Crippen molar-refractivity contribution in [2.24, 2.45) is 0 Å². The van der Waals surface area contributed by atoms with Crippen LogP contribution in [0, 0.1) is 0 Å². The molecule has 0 bridgehead atoms. The highest BCUT2D eigenvalue weighted by Gasteiger charge is 2.22. The minimum Gasteiger partial charge on any atom is -0.430 e. The van der Waals surface area contributed by atoms with Gasteiger partial charge in [0.1, 0.15) is 5.75 Å². The summed E-state index contributed by atoms with van der Waals surface area (Å²) >= 11 is 1.23. The number of hydrogen-bond acceptors (Lipinski definition) is 6. The van der Waals surface area contributed by atoms with Crippen molar-refractivity contribution in [1.82, 2.24) is 19.2 Å². The third-order valence-electron chi connectivity index (χ3n) is 5.22. The molecule has 0 atom stereocenters. The van der Waals surface area contributed by atoms with Crippen molar-refractivity contribution in [2.75, 3.05) is 26.2 Å². The van der Waals surface area contributed by atoms with E-state index in [4.69, 9.17) is 4.74 Å². The molecule has 2 heterocycles. The number of carbonyl (C=O) groups is 2. The number of rotatable bonds is 6. The first-order valence-electron chi connectivity index (χ1n) is 10.2. The Labute approximate surface area is 185 Å². The molecule has 2 aromatic carbocycles. The zero-order valence-electron chi connectivity index (χ0n) is 17.4. The summed E-state index contributed by atoms with van der Waals surface area (Å²) in [7, 11) is 0. The summed E-state index contributed by atoms with van der Waals surface area (Å²) in [5, 5.41) is 0.498. The Balaban J connectivity index is 1.29. The summed E-state index contributed by atoms with van der Waals surface area (Å²) in [6.45, 7) is 3.93. The maximum absolute atomic E-state index is 12.5. The molecule has 2 amide bonds. The number of benzene rings is 2. The Morgan fingerprint density at radius 2 is 1.61 bits per heavy atom. The highest BCUT2D eigenvalue weighted by Crippen LogP contribution is 2.24. The van der Waals surface area contributed by atoms with E-state index in [1.54, 1.807) is 11.8 Å². The Hall–Kier alpha value is -3.26. The second-order valence-electron chi connectivity index (χ2n) is 7.45. The van der Waals surface area contributed by atoms with Crippen LogP contribution in [0.4, 0.5) is 0 Å². The highest BCUT2D eigenvalue weighted by atomic mass is 32.1. The van der Waals surface area contributed by atoms with Gasteiger partial charge in [-0.15, -0.1) is 0 Å². The molecular formula is C23H24N4O3S. The van der Waals surface area contributed by atoms with E-state index in [9.17, 15) is 9.59 Å². The number of piperazine rings is 1. The molecule has 4 rings (SSSR count). The smallest absolute Gasteiger partial charge is 0.298 e. The molecule has 0 N–H and O–H groups in total. The molecule has 1 aliphatic heterocycles. The van der Waals surface area contributed by atoms with E-state index < -0.39 is 0 Å². The molecular weight excluding hydrogens is 412 g/mol. The number of amides is 2. The van der Waals surface area contributed by atoms with Gasteiger partial charge in [0, 0.05) is 51.1 Å². The van der Waals surface area contributed by atoms with Crippen LogP contribution in [-0.4, -0.2) is 57.2 Å². The first-order valence-corrected chi connectivity index (χ1v) is 11.0. The van der Waals surface area contributed by atoms with E-state index in [-0.39, 0.29) is 11.8 Å². The fourth-order valence-corrected chi connectivity index (χ4v) is 4.03. The second-order valence-corrected chi connectivity index (χ2v) is 8.16. The van der Waals surface area contributed by atoms with Crippen LogP contribution in [0.3, 0.4) is 0 Å². The largest absolute Gasteiger partial charge is 0.430 e. The first-order chi connectivity index (χ1) is 15.1. The van der Waals surface area contributed by atoms with E-state index in [1.807, 2.05) is 59.5 Å². The Bertz CT molecular complexity index is 1030. The molecule has 3 aromatic rings. The topological polar surface area (TPSA) is 75.6 Å². The fraction of sp³-hybridized carbons (Fsp3) is 0.304. The van der Waals surface area contributed by atoms with Gasteiger partial charge in [-0.3, -0.25) is 9.59 Å². The summed E-state index contributed by atoms with van der Waals surface area (Å²) in [6, 6.07) is 17.5. The van der Waals surface area contributed by atoms with E-state index in [0.717, 1.165) is 17.0 Å². The molecule has 1 aliphatic rings. The number of aromatic nitrogens is 2. The molecule has 0 spiro atoms. The normalized spacial score (nSPS) is 13.8. The summed E-state index contributed by atoms with van der Waals surface area (Å²) in [5.41, 5.74) is 2.08. The summed E-state index contributed by atoms with van der Waals surface area (Å²) in [6.07, 6.45) is 1.00. The predicted octanol–water partition coefficient (Wildman–Crippen LogP) is 3.15. The molecule has 0 radical (unpaired) electrons. The average Bonchev–Trinajstić information content (AvgIpc) is 3.22. The van der Waals surface area contributed by atoms with E-state index in [2.05, 4.69) is 9.36 Å². The Morgan fingerprint density at radius 3 is 2.29 bits per heavy atom.